The lowest BCUT2D eigenvalue weighted by Crippen LogP contribution is -2.40. The van der Waals surface area contributed by atoms with Crippen molar-refractivity contribution in [2.24, 2.45) is 0 Å². The van der Waals surface area contributed by atoms with E-state index in [0.717, 1.165) is 4.47 Å². The van der Waals surface area contributed by atoms with E-state index in [2.05, 4.69) is 15.9 Å². The lowest BCUT2D eigenvalue weighted by atomic mass is 9.79. The van der Waals surface area contributed by atoms with Crippen molar-refractivity contribution in [3.8, 4) is 0 Å². The molecule has 0 aliphatic rings. The van der Waals surface area contributed by atoms with Gasteiger partial charge in [-0.1, -0.05) is 34.1 Å². The minimum absolute atomic E-state index is 0.244. The summed E-state index contributed by atoms with van der Waals surface area (Å²) in [6.07, 6.45) is 0. The lowest BCUT2D eigenvalue weighted by molar-refractivity contribution is -0.150. The summed E-state index contributed by atoms with van der Waals surface area (Å²) in [5.74, 6) is -0.793. The van der Waals surface area contributed by atoms with E-state index < -0.39 is 11.4 Å². The van der Waals surface area contributed by atoms with Gasteiger partial charge >= 0.3 is 5.97 Å². The molecule has 1 atom stereocenters. The summed E-state index contributed by atoms with van der Waals surface area (Å²) < 4.78 is 5.43. The number of ether oxygens (including phenoxy) is 1. The van der Waals surface area contributed by atoms with Crippen LogP contribution in [0.3, 0.4) is 0 Å². The van der Waals surface area contributed by atoms with Crippen LogP contribution in [0.2, 0.25) is 0 Å². The van der Waals surface area contributed by atoms with E-state index in [4.69, 9.17) is 4.74 Å². The maximum Gasteiger partial charge on any atom is 0.323 e. The molecule has 0 radical (unpaired) electrons. The molecule has 0 fully saturated rings. The van der Waals surface area contributed by atoms with Gasteiger partial charge in [-0.05, 0) is 25.5 Å². The fraction of sp³-hybridized carbons (Fsp3) is 0.333. The van der Waals surface area contributed by atoms with Crippen LogP contribution in [0.25, 0.3) is 0 Å². The molecular weight excluding hydrogens is 272 g/mol. The van der Waals surface area contributed by atoms with Crippen molar-refractivity contribution in [3.05, 3.63) is 34.3 Å². The number of rotatable bonds is 3. The first-order chi connectivity index (χ1) is 7.44. The zero-order valence-electron chi connectivity index (χ0n) is 9.41. The van der Waals surface area contributed by atoms with Crippen LogP contribution in [0.5, 0.6) is 0 Å². The van der Waals surface area contributed by atoms with Crippen molar-refractivity contribution in [1.82, 2.24) is 0 Å². The third-order valence-corrected chi connectivity index (χ3v) is 3.40. The number of hydrogen-bond donors (Lipinski definition) is 0. The van der Waals surface area contributed by atoms with Crippen LogP contribution in [0.1, 0.15) is 19.4 Å². The Balaban J connectivity index is 3.39. The van der Waals surface area contributed by atoms with Gasteiger partial charge in [0, 0.05) is 4.47 Å². The summed E-state index contributed by atoms with van der Waals surface area (Å²) in [4.78, 5) is 23.5. The minimum atomic E-state index is -1.26. The predicted octanol–water partition coefficient (Wildman–Crippen LogP) is 2.47. The van der Waals surface area contributed by atoms with Crippen molar-refractivity contribution in [2.75, 3.05) is 7.11 Å². The molecule has 1 aromatic rings. The highest BCUT2D eigenvalue weighted by Gasteiger charge is 2.42. The average Bonchev–Trinajstić information content (AvgIpc) is 2.27. The Morgan fingerprint density at radius 1 is 1.31 bits per heavy atom. The summed E-state index contributed by atoms with van der Waals surface area (Å²) in [6.45, 7) is 2.96. The van der Waals surface area contributed by atoms with Crippen LogP contribution in [0.4, 0.5) is 0 Å². The first-order valence-corrected chi connectivity index (χ1v) is 5.58. The highest BCUT2D eigenvalue weighted by Crippen LogP contribution is 2.32. The Bertz CT molecular complexity index is 428. The normalized spacial score (nSPS) is 14.0. The number of ketones is 1. The number of Topliss-reactive ketones (excluding diaryl/α,β-unsaturated/α-hetero) is 1. The molecule has 0 saturated heterocycles. The average molecular weight is 285 g/mol. The van der Waals surface area contributed by atoms with Gasteiger partial charge in [0.05, 0.1) is 7.11 Å². The number of halogens is 1. The Hall–Kier alpha value is -1.16. The molecule has 1 unspecified atom stereocenters. The molecule has 3 nitrogen and oxygen atoms in total. The fourth-order valence-electron chi connectivity index (χ4n) is 1.51. The Morgan fingerprint density at radius 3 is 2.31 bits per heavy atom. The van der Waals surface area contributed by atoms with E-state index in [9.17, 15) is 9.59 Å². The van der Waals surface area contributed by atoms with E-state index in [-0.39, 0.29) is 5.78 Å². The zero-order chi connectivity index (χ0) is 12.3. The monoisotopic (exact) mass is 284 g/mol. The minimum Gasteiger partial charge on any atom is -0.468 e. The van der Waals surface area contributed by atoms with Gasteiger partial charge in [0.15, 0.2) is 5.78 Å². The smallest absolute Gasteiger partial charge is 0.323 e. The van der Waals surface area contributed by atoms with Crippen molar-refractivity contribution in [2.45, 2.75) is 19.3 Å². The molecule has 0 aromatic heterocycles. The summed E-state index contributed by atoms with van der Waals surface area (Å²) in [5.41, 5.74) is -0.635. The second kappa shape index (κ2) is 4.78. The van der Waals surface area contributed by atoms with E-state index in [1.807, 2.05) is 6.07 Å². The van der Waals surface area contributed by atoms with Gasteiger partial charge in [0.2, 0.25) is 0 Å². The highest BCUT2D eigenvalue weighted by atomic mass is 79.9. The van der Waals surface area contributed by atoms with Crippen LogP contribution < -0.4 is 0 Å². The summed E-state index contributed by atoms with van der Waals surface area (Å²) in [5, 5.41) is 0. The first kappa shape index (κ1) is 12.9. The maximum absolute atomic E-state index is 11.8. The number of carbonyl (C=O) groups is 2. The molecule has 1 aromatic carbocycles. The van der Waals surface area contributed by atoms with Crippen molar-refractivity contribution in [3.63, 3.8) is 0 Å². The number of carbonyl (C=O) groups excluding carboxylic acids is 2. The second-order valence-electron chi connectivity index (χ2n) is 3.65. The van der Waals surface area contributed by atoms with Gasteiger partial charge in [0.25, 0.3) is 0 Å². The largest absolute Gasteiger partial charge is 0.468 e. The van der Waals surface area contributed by atoms with Crippen LogP contribution >= 0.6 is 15.9 Å². The van der Waals surface area contributed by atoms with Gasteiger partial charge < -0.3 is 4.74 Å². The molecule has 0 amide bonds. The van der Waals surface area contributed by atoms with E-state index in [0.29, 0.717) is 5.56 Å². The molecule has 0 saturated carbocycles. The third kappa shape index (κ3) is 2.02. The van der Waals surface area contributed by atoms with Gasteiger partial charge in [-0.3, -0.25) is 9.59 Å². The number of methoxy groups -OCH3 is 1. The van der Waals surface area contributed by atoms with Crippen molar-refractivity contribution >= 4 is 27.7 Å². The number of esters is 1. The predicted molar refractivity (Wildman–Crippen MR) is 64.2 cm³/mol. The molecule has 0 bridgehead atoms. The molecule has 0 heterocycles. The van der Waals surface area contributed by atoms with Crippen LogP contribution in [0, 0.1) is 0 Å². The highest BCUT2D eigenvalue weighted by molar-refractivity contribution is 9.10. The van der Waals surface area contributed by atoms with E-state index >= 15 is 0 Å². The molecular formula is C12H13BrO3. The molecule has 0 aliphatic heterocycles. The molecule has 0 aliphatic carbocycles. The van der Waals surface area contributed by atoms with Gasteiger partial charge in [-0.15, -0.1) is 0 Å². The topological polar surface area (TPSA) is 43.4 Å². The molecule has 4 heteroatoms. The van der Waals surface area contributed by atoms with Crippen LogP contribution in [0.15, 0.2) is 28.7 Å². The summed E-state index contributed by atoms with van der Waals surface area (Å²) >= 11 is 3.34. The quantitative estimate of drug-likeness (QED) is 0.633. The Labute approximate surface area is 103 Å². The Kier molecular flexibility index (Phi) is 3.86. The summed E-state index contributed by atoms with van der Waals surface area (Å²) in [7, 11) is 1.28. The number of hydrogen-bond acceptors (Lipinski definition) is 3. The first-order valence-electron chi connectivity index (χ1n) is 4.79. The molecule has 0 N–H and O–H groups in total. The SMILES string of the molecule is COC(=O)C(C)(C(C)=O)c1ccccc1Br. The molecule has 86 valence electrons. The van der Waals surface area contributed by atoms with Crippen LogP contribution in [-0.4, -0.2) is 18.9 Å². The van der Waals surface area contributed by atoms with Crippen LogP contribution in [-0.2, 0) is 19.7 Å². The van der Waals surface area contributed by atoms with Crippen molar-refractivity contribution < 1.29 is 14.3 Å². The van der Waals surface area contributed by atoms with E-state index in [1.54, 1.807) is 25.1 Å². The summed E-state index contributed by atoms with van der Waals surface area (Å²) in [6, 6.07) is 7.14. The maximum atomic E-state index is 11.8. The molecule has 16 heavy (non-hydrogen) atoms. The van der Waals surface area contributed by atoms with Gasteiger partial charge in [-0.2, -0.15) is 0 Å². The number of benzene rings is 1. The van der Waals surface area contributed by atoms with Gasteiger partial charge in [0.1, 0.15) is 5.41 Å². The standard InChI is InChI=1S/C12H13BrO3/c1-8(14)12(2,11(15)16-3)9-6-4-5-7-10(9)13/h4-7H,1-3H3. The molecule has 1 rings (SSSR count). The lowest BCUT2D eigenvalue weighted by Gasteiger charge is -2.25. The second-order valence-corrected chi connectivity index (χ2v) is 4.51. The van der Waals surface area contributed by atoms with Crippen molar-refractivity contribution in [1.29, 1.82) is 0 Å². The van der Waals surface area contributed by atoms with Gasteiger partial charge in [-0.25, -0.2) is 0 Å². The Morgan fingerprint density at radius 2 is 1.88 bits per heavy atom. The zero-order valence-corrected chi connectivity index (χ0v) is 11.0. The van der Waals surface area contributed by atoms with E-state index in [1.165, 1.54) is 14.0 Å². The molecule has 0 spiro atoms. The third-order valence-electron chi connectivity index (χ3n) is 2.71. The fourth-order valence-corrected chi connectivity index (χ4v) is 2.20.